The van der Waals surface area contributed by atoms with Gasteiger partial charge in [-0.05, 0) is 54.8 Å². The molecule has 0 unspecified atom stereocenters. The number of methoxy groups -OCH3 is 1. The molecule has 1 N–H and O–H groups in total. The zero-order valence-electron chi connectivity index (χ0n) is 16.7. The van der Waals surface area contributed by atoms with Crippen LogP contribution in [0.25, 0.3) is 0 Å². The summed E-state index contributed by atoms with van der Waals surface area (Å²) >= 11 is 0. The van der Waals surface area contributed by atoms with Gasteiger partial charge in [0.05, 0.1) is 7.11 Å². The van der Waals surface area contributed by atoms with E-state index in [4.69, 9.17) is 4.74 Å². The van der Waals surface area contributed by atoms with Gasteiger partial charge in [-0.25, -0.2) is 4.79 Å². The van der Waals surface area contributed by atoms with Crippen LogP contribution in [0.5, 0.6) is 5.75 Å². The fourth-order valence-corrected chi connectivity index (χ4v) is 3.41. The molecule has 28 heavy (non-hydrogen) atoms. The largest absolute Gasteiger partial charge is 0.497 e. The molecule has 0 aromatic heterocycles. The Morgan fingerprint density at radius 2 is 1.93 bits per heavy atom. The number of hydrogen-bond donors (Lipinski definition) is 1. The number of rotatable bonds is 6. The summed E-state index contributed by atoms with van der Waals surface area (Å²) in [6.07, 6.45) is 2.70. The summed E-state index contributed by atoms with van der Waals surface area (Å²) in [6.45, 7) is 3.40. The van der Waals surface area contributed by atoms with Gasteiger partial charge in [0, 0.05) is 37.1 Å². The van der Waals surface area contributed by atoms with Gasteiger partial charge in [0.25, 0.3) is 5.91 Å². The third-order valence-corrected chi connectivity index (χ3v) is 5.04. The van der Waals surface area contributed by atoms with E-state index >= 15 is 0 Å². The second-order valence-electron chi connectivity index (χ2n) is 6.94. The molecule has 148 valence electrons. The minimum absolute atomic E-state index is 0.0164. The lowest BCUT2D eigenvalue weighted by molar-refractivity contribution is 0.0792. The SMILES string of the molecule is CCCCN(C)C(=O)c1cccc2c1CCN2C(=O)Nc1ccc(OC)cc1. The van der Waals surface area contributed by atoms with E-state index in [1.54, 1.807) is 41.2 Å². The van der Waals surface area contributed by atoms with Crippen molar-refractivity contribution in [2.45, 2.75) is 26.2 Å². The fourth-order valence-electron chi connectivity index (χ4n) is 3.41. The molecule has 3 rings (SSSR count). The standard InChI is InChI=1S/C22H27N3O3/c1-4-5-14-24(2)21(26)19-7-6-8-20-18(19)13-15-25(20)22(27)23-16-9-11-17(28-3)12-10-16/h6-12H,4-5,13-15H2,1-3H3,(H,23,27). The van der Waals surface area contributed by atoms with Crippen LogP contribution in [0.15, 0.2) is 42.5 Å². The molecule has 0 fully saturated rings. The normalized spacial score (nSPS) is 12.5. The molecule has 0 saturated heterocycles. The lowest BCUT2D eigenvalue weighted by Gasteiger charge is -2.20. The molecule has 2 aromatic rings. The van der Waals surface area contributed by atoms with Crippen LogP contribution in [-0.4, -0.2) is 44.1 Å². The predicted octanol–water partition coefficient (Wildman–Crippen LogP) is 4.16. The molecule has 6 heteroatoms. The molecule has 3 amide bonds. The first-order chi connectivity index (χ1) is 13.5. The topological polar surface area (TPSA) is 61.9 Å². The Bertz CT molecular complexity index is 849. The van der Waals surface area contributed by atoms with E-state index in [1.807, 2.05) is 25.2 Å². The zero-order chi connectivity index (χ0) is 20.1. The average Bonchev–Trinajstić information content (AvgIpc) is 3.16. The molecular formula is C22H27N3O3. The molecule has 0 saturated carbocycles. The van der Waals surface area contributed by atoms with E-state index in [0.29, 0.717) is 24.2 Å². The smallest absolute Gasteiger partial charge is 0.326 e. The van der Waals surface area contributed by atoms with E-state index in [2.05, 4.69) is 12.2 Å². The summed E-state index contributed by atoms with van der Waals surface area (Å²) in [5.74, 6) is 0.752. The second-order valence-corrected chi connectivity index (χ2v) is 6.94. The van der Waals surface area contributed by atoms with E-state index < -0.39 is 0 Å². The van der Waals surface area contributed by atoms with Gasteiger partial charge in [0.2, 0.25) is 0 Å². The van der Waals surface area contributed by atoms with Crippen molar-refractivity contribution in [2.75, 3.05) is 37.5 Å². The van der Waals surface area contributed by atoms with Crippen LogP contribution in [0.1, 0.15) is 35.7 Å². The van der Waals surface area contributed by atoms with Crippen molar-refractivity contribution < 1.29 is 14.3 Å². The first kappa shape index (κ1) is 19.7. The quantitative estimate of drug-likeness (QED) is 0.817. The maximum Gasteiger partial charge on any atom is 0.326 e. The molecule has 1 aliphatic heterocycles. The third-order valence-electron chi connectivity index (χ3n) is 5.04. The summed E-state index contributed by atoms with van der Waals surface area (Å²) < 4.78 is 5.14. The molecule has 1 aliphatic rings. The van der Waals surface area contributed by atoms with Gasteiger partial charge in [-0.15, -0.1) is 0 Å². The second kappa shape index (κ2) is 8.78. The monoisotopic (exact) mass is 381 g/mol. The van der Waals surface area contributed by atoms with E-state index in [-0.39, 0.29) is 11.9 Å². The number of anilines is 2. The molecule has 0 aliphatic carbocycles. The highest BCUT2D eigenvalue weighted by molar-refractivity contribution is 6.05. The summed E-state index contributed by atoms with van der Waals surface area (Å²) in [5.41, 5.74) is 3.14. The van der Waals surface area contributed by atoms with E-state index in [1.165, 1.54) is 0 Å². The Balaban J connectivity index is 1.76. The van der Waals surface area contributed by atoms with Crippen LogP contribution in [0.3, 0.4) is 0 Å². The number of fused-ring (bicyclic) bond motifs is 1. The van der Waals surface area contributed by atoms with Crippen molar-refractivity contribution in [1.82, 2.24) is 4.90 Å². The lowest BCUT2D eigenvalue weighted by atomic mass is 10.0. The van der Waals surface area contributed by atoms with Gasteiger partial charge >= 0.3 is 6.03 Å². The van der Waals surface area contributed by atoms with Gasteiger partial charge in [0.15, 0.2) is 0 Å². The Hall–Kier alpha value is -3.02. The van der Waals surface area contributed by atoms with Crippen LogP contribution in [0.2, 0.25) is 0 Å². The molecule has 0 atom stereocenters. The summed E-state index contributed by atoms with van der Waals surface area (Å²) in [7, 11) is 3.44. The number of hydrogen-bond acceptors (Lipinski definition) is 3. The Kier molecular flexibility index (Phi) is 6.19. The highest BCUT2D eigenvalue weighted by Gasteiger charge is 2.29. The van der Waals surface area contributed by atoms with Crippen molar-refractivity contribution in [3.05, 3.63) is 53.6 Å². The van der Waals surface area contributed by atoms with Crippen LogP contribution < -0.4 is 15.0 Å². The average molecular weight is 381 g/mol. The third kappa shape index (κ3) is 4.11. The summed E-state index contributed by atoms with van der Waals surface area (Å²) in [5, 5.41) is 2.91. The Morgan fingerprint density at radius 1 is 1.18 bits per heavy atom. The van der Waals surface area contributed by atoms with E-state index in [9.17, 15) is 9.59 Å². The van der Waals surface area contributed by atoms with Crippen LogP contribution in [0.4, 0.5) is 16.2 Å². The maximum atomic E-state index is 12.8. The molecule has 6 nitrogen and oxygen atoms in total. The maximum absolute atomic E-state index is 12.8. The molecule has 0 bridgehead atoms. The van der Waals surface area contributed by atoms with Gasteiger partial charge in [-0.1, -0.05) is 19.4 Å². The highest BCUT2D eigenvalue weighted by atomic mass is 16.5. The number of carbonyl (C=O) groups excluding carboxylic acids is 2. The number of urea groups is 1. The van der Waals surface area contributed by atoms with Crippen LogP contribution in [-0.2, 0) is 6.42 Å². The fraction of sp³-hybridized carbons (Fsp3) is 0.364. The van der Waals surface area contributed by atoms with Crippen molar-refractivity contribution in [3.63, 3.8) is 0 Å². The number of nitrogens with one attached hydrogen (secondary N) is 1. The van der Waals surface area contributed by atoms with Gasteiger partial charge < -0.3 is 15.0 Å². The molecule has 0 spiro atoms. The summed E-state index contributed by atoms with van der Waals surface area (Å²) in [4.78, 5) is 29.1. The number of benzene rings is 2. The van der Waals surface area contributed by atoms with Crippen molar-refractivity contribution in [3.8, 4) is 5.75 Å². The Labute approximate surface area is 166 Å². The first-order valence-corrected chi connectivity index (χ1v) is 9.65. The predicted molar refractivity (Wildman–Crippen MR) is 111 cm³/mol. The van der Waals surface area contributed by atoms with E-state index in [0.717, 1.165) is 36.4 Å². The number of unbranched alkanes of at least 4 members (excludes halogenated alkanes) is 1. The molecule has 2 aromatic carbocycles. The van der Waals surface area contributed by atoms with Crippen molar-refractivity contribution in [1.29, 1.82) is 0 Å². The minimum atomic E-state index is -0.201. The van der Waals surface area contributed by atoms with Crippen molar-refractivity contribution >= 4 is 23.3 Å². The number of amides is 3. The van der Waals surface area contributed by atoms with Crippen LogP contribution >= 0.6 is 0 Å². The molecular weight excluding hydrogens is 354 g/mol. The van der Waals surface area contributed by atoms with Crippen molar-refractivity contribution in [2.24, 2.45) is 0 Å². The van der Waals surface area contributed by atoms with Gasteiger partial charge in [-0.2, -0.15) is 0 Å². The minimum Gasteiger partial charge on any atom is -0.497 e. The number of ether oxygens (including phenoxy) is 1. The first-order valence-electron chi connectivity index (χ1n) is 9.65. The van der Waals surface area contributed by atoms with Crippen LogP contribution in [0, 0.1) is 0 Å². The molecule has 1 heterocycles. The lowest BCUT2D eigenvalue weighted by Crippen LogP contribution is -2.33. The molecule has 0 radical (unpaired) electrons. The Morgan fingerprint density at radius 3 is 2.61 bits per heavy atom. The number of nitrogens with zero attached hydrogens (tertiary/aromatic N) is 2. The highest BCUT2D eigenvalue weighted by Crippen LogP contribution is 2.32. The number of carbonyl (C=O) groups is 2. The van der Waals surface area contributed by atoms with Gasteiger partial charge in [0.1, 0.15) is 5.75 Å². The summed E-state index contributed by atoms with van der Waals surface area (Å²) in [6, 6.07) is 12.6. The zero-order valence-corrected chi connectivity index (χ0v) is 16.7. The van der Waals surface area contributed by atoms with Gasteiger partial charge in [-0.3, -0.25) is 9.69 Å².